The van der Waals surface area contributed by atoms with Crippen LogP contribution < -0.4 is 5.32 Å². The normalized spacial score (nSPS) is 13.1. The van der Waals surface area contributed by atoms with E-state index in [1.54, 1.807) is 13.8 Å². The van der Waals surface area contributed by atoms with Crippen LogP contribution in [0.2, 0.25) is 0 Å². The second kappa shape index (κ2) is 6.78. The molecule has 5 heteroatoms. The molecule has 0 fully saturated rings. The topological polar surface area (TPSA) is 55.4 Å². The van der Waals surface area contributed by atoms with Gasteiger partial charge in [0, 0.05) is 11.7 Å². The van der Waals surface area contributed by atoms with Crippen LogP contribution in [0.3, 0.4) is 0 Å². The zero-order valence-electron chi connectivity index (χ0n) is 10.4. The molecule has 0 rings (SSSR count). The van der Waals surface area contributed by atoms with E-state index in [9.17, 15) is 9.59 Å². The molecular formula is C11H21NO3S. The lowest BCUT2D eigenvalue weighted by molar-refractivity contribution is -0.148. The van der Waals surface area contributed by atoms with Crippen molar-refractivity contribution in [3.63, 3.8) is 0 Å². The van der Waals surface area contributed by atoms with Crippen molar-refractivity contribution in [2.24, 2.45) is 0 Å². The highest BCUT2D eigenvalue weighted by Gasteiger charge is 2.34. The molecule has 0 aliphatic heterocycles. The van der Waals surface area contributed by atoms with Gasteiger partial charge in [0.05, 0.1) is 6.61 Å². The number of thiol groups is 1. The van der Waals surface area contributed by atoms with E-state index in [4.69, 9.17) is 4.74 Å². The van der Waals surface area contributed by atoms with Gasteiger partial charge in [0.25, 0.3) is 0 Å². The number of unbranched alkanes of at least 4 members (excludes halogenated alkanes) is 1. The molecule has 0 aromatic heterocycles. The van der Waals surface area contributed by atoms with Crippen LogP contribution in [0, 0.1) is 0 Å². The number of ether oxygens (including phenoxy) is 1. The Balaban J connectivity index is 4.39. The number of esters is 1. The largest absolute Gasteiger partial charge is 0.464 e. The maximum atomic E-state index is 11.7. The standard InChI is InChI=1S/C11H21NO3S/c1-5-6-7-15-10(14)9(11(3,4)16)12-8(2)13/h9,16H,5-7H2,1-4H3,(H,12,13)/t9-/m1/s1. The lowest BCUT2D eigenvalue weighted by Gasteiger charge is -2.28. The van der Waals surface area contributed by atoms with Gasteiger partial charge in [0.2, 0.25) is 5.91 Å². The number of nitrogens with one attached hydrogen (secondary N) is 1. The maximum Gasteiger partial charge on any atom is 0.330 e. The zero-order chi connectivity index (χ0) is 12.8. The van der Waals surface area contributed by atoms with Crippen molar-refractivity contribution in [2.45, 2.75) is 51.3 Å². The molecule has 0 unspecified atom stereocenters. The van der Waals surface area contributed by atoms with E-state index < -0.39 is 16.8 Å². The number of carbonyl (C=O) groups is 2. The Labute approximate surface area is 103 Å². The Morgan fingerprint density at radius 1 is 1.44 bits per heavy atom. The summed E-state index contributed by atoms with van der Waals surface area (Å²) in [4.78, 5) is 22.7. The predicted octanol–water partition coefficient (Wildman–Crippen LogP) is 1.54. The highest BCUT2D eigenvalue weighted by atomic mass is 32.1. The molecule has 0 bridgehead atoms. The first-order chi connectivity index (χ1) is 7.29. The Bertz CT molecular complexity index is 248. The molecule has 0 aliphatic carbocycles. The number of hydrogen-bond donors (Lipinski definition) is 2. The van der Waals surface area contributed by atoms with E-state index >= 15 is 0 Å². The van der Waals surface area contributed by atoms with E-state index in [1.165, 1.54) is 6.92 Å². The highest BCUT2D eigenvalue weighted by Crippen LogP contribution is 2.18. The summed E-state index contributed by atoms with van der Waals surface area (Å²) in [5, 5.41) is 2.56. The predicted molar refractivity (Wildman–Crippen MR) is 66.5 cm³/mol. The molecule has 0 aromatic rings. The van der Waals surface area contributed by atoms with Gasteiger partial charge in [0.15, 0.2) is 0 Å². The summed E-state index contributed by atoms with van der Waals surface area (Å²) in [5.41, 5.74) is 0. The minimum absolute atomic E-state index is 0.264. The summed E-state index contributed by atoms with van der Waals surface area (Å²) >= 11 is 4.29. The molecule has 0 spiro atoms. The quantitative estimate of drug-likeness (QED) is 0.425. The molecule has 4 nitrogen and oxygen atoms in total. The smallest absolute Gasteiger partial charge is 0.330 e. The molecule has 0 radical (unpaired) electrons. The van der Waals surface area contributed by atoms with Crippen LogP contribution in [0.4, 0.5) is 0 Å². The summed E-state index contributed by atoms with van der Waals surface area (Å²) < 4.78 is 4.43. The van der Waals surface area contributed by atoms with Crippen LogP contribution in [0.15, 0.2) is 0 Å². The van der Waals surface area contributed by atoms with Crippen molar-refractivity contribution in [1.82, 2.24) is 5.32 Å². The number of carbonyl (C=O) groups excluding carboxylic acids is 2. The number of amides is 1. The zero-order valence-corrected chi connectivity index (χ0v) is 11.3. The van der Waals surface area contributed by atoms with E-state index in [0.717, 1.165) is 12.8 Å². The van der Waals surface area contributed by atoms with Gasteiger partial charge in [0.1, 0.15) is 6.04 Å². The van der Waals surface area contributed by atoms with Crippen LogP contribution in [-0.2, 0) is 14.3 Å². The fourth-order valence-corrected chi connectivity index (χ4v) is 1.30. The lowest BCUT2D eigenvalue weighted by Crippen LogP contribution is -2.51. The van der Waals surface area contributed by atoms with Gasteiger partial charge in [-0.15, -0.1) is 0 Å². The number of hydrogen-bond acceptors (Lipinski definition) is 4. The second-order valence-electron chi connectivity index (χ2n) is 4.31. The molecular weight excluding hydrogens is 226 g/mol. The molecule has 0 aliphatic rings. The first-order valence-electron chi connectivity index (χ1n) is 5.45. The lowest BCUT2D eigenvalue weighted by atomic mass is 10.0. The van der Waals surface area contributed by atoms with Crippen molar-refractivity contribution in [3.05, 3.63) is 0 Å². The third-order valence-corrected chi connectivity index (χ3v) is 2.29. The maximum absolute atomic E-state index is 11.7. The van der Waals surface area contributed by atoms with Gasteiger partial charge < -0.3 is 10.1 Å². The van der Waals surface area contributed by atoms with E-state index in [1.807, 2.05) is 6.92 Å². The van der Waals surface area contributed by atoms with Gasteiger partial charge >= 0.3 is 5.97 Å². The minimum atomic E-state index is -0.717. The molecule has 16 heavy (non-hydrogen) atoms. The minimum Gasteiger partial charge on any atom is -0.464 e. The Kier molecular flexibility index (Phi) is 6.48. The highest BCUT2D eigenvalue weighted by molar-refractivity contribution is 7.81. The van der Waals surface area contributed by atoms with E-state index in [0.29, 0.717) is 6.61 Å². The molecule has 1 N–H and O–H groups in total. The van der Waals surface area contributed by atoms with Crippen molar-refractivity contribution in [2.75, 3.05) is 6.61 Å². The average Bonchev–Trinajstić information content (AvgIpc) is 2.12. The molecule has 1 atom stereocenters. The van der Waals surface area contributed by atoms with Crippen LogP contribution in [0.25, 0.3) is 0 Å². The third kappa shape index (κ3) is 6.00. The summed E-state index contributed by atoms with van der Waals surface area (Å²) in [6.45, 7) is 7.29. The van der Waals surface area contributed by atoms with E-state index in [2.05, 4.69) is 17.9 Å². The molecule has 94 valence electrons. The van der Waals surface area contributed by atoms with Crippen molar-refractivity contribution in [1.29, 1.82) is 0 Å². The number of rotatable bonds is 6. The second-order valence-corrected chi connectivity index (χ2v) is 5.46. The first-order valence-corrected chi connectivity index (χ1v) is 5.90. The fourth-order valence-electron chi connectivity index (χ4n) is 1.13. The van der Waals surface area contributed by atoms with Gasteiger partial charge in [-0.1, -0.05) is 13.3 Å². The van der Waals surface area contributed by atoms with Crippen LogP contribution in [0.1, 0.15) is 40.5 Å². The fraction of sp³-hybridized carbons (Fsp3) is 0.818. The Morgan fingerprint density at radius 3 is 2.38 bits per heavy atom. The first kappa shape index (κ1) is 15.3. The summed E-state index contributed by atoms with van der Waals surface area (Å²) in [6, 6.07) is -0.717. The molecule has 1 amide bonds. The molecule has 0 aromatic carbocycles. The third-order valence-electron chi connectivity index (χ3n) is 2.03. The molecule has 0 heterocycles. The average molecular weight is 247 g/mol. The van der Waals surface area contributed by atoms with Gasteiger partial charge in [-0.05, 0) is 20.3 Å². The SMILES string of the molecule is CCCCOC(=O)[C@@H](NC(C)=O)C(C)(C)S. The van der Waals surface area contributed by atoms with Crippen molar-refractivity contribution < 1.29 is 14.3 Å². The van der Waals surface area contributed by atoms with Gasteiger partial charge in [-0.3, -0.25) is 4.79 Å². The van der Waals surface area contributed by atoms with Crippen molar-refractivity contribution in [3.8, 4) is 0 Å². The Morgan fingerprint density at radius 2 is 2.00 bits per heavy atom. The monoisotopic (exact) mass is 247 g/mol. The summed E-state index contributed by atoms with van der Waals surface area (Å²) in [5.74, 6) is -0.691. The van der Waals surface area contributed by atoms with Gasteiger partial charge in [-0.25, -0.2) is 4.79 Å². The van der Waals surface area contributed by atoms with Gasteiger partial charge in [-0.2, -0.15) is 12.6 Å². The summed E-state index contributed by atoms with van der Waals surface area (Å²) in [6.07, 6.45) is 1.79. The van der Waals surface area contributed by atoms with Crippen LogP contribution in [0.5, 0.6) is 0 Å². The molecule has 0 saturated carbocycles. The Hall–Kier alpha value is -0.710. The van der Waals surface area contributed by atoms with Crippen LogP contribution >= 0.6 is 12.6 Å². The van der Waals surface area contributed by atoms with Crippen LogP contribution in [-0.4, -0.2) is 29.3 Å². The van der Waals surface area contributed by atoms with E-state index in [-0.39, 0.29) is 5.91 Å². The van der Waals surface area contributed by atoms with Crippen molar-refractivity contribution >= 4 is 24.5 Å². The molecule has 0 saturated heterocycles. The summed E-state index contributed by atoms with van der Waals surface area (Å²) in [7, 11) is 0.